The largest absolute Gasteiger partial charge is 0.195 e. The third kappa shape index (κ3) is 4.31. The number of benzene rings is 2. The zero-order valence-electron chi connectivity index (χ0n) is 22.1. The van der Waals surface area contributed by atoms with Crippen molar-refractivity contribution in [3.63, 3.8) is 0 Å². The fourth-order valence-electron chi connectivity index (χ4n) is 5.62. The summed E-state index contributed by atoms with van der Waals surface area (Å²) in [6.07, 6.45) is 0. The molecule has 212 valence electrons. The molecule has 10 aromatic rings. The smallest absolute Gasteiger partial charge is 0.177 e. The van der Waals surface area contributed by atoms with Crippen LogP contribution in [0.25, 0.3) is 88.8 Å². The normalized spacial score (nSPS) is 12.3. The van der Waals surface area contributed by atoms with Crippen LogP contribution in [-0.4, -0.2) is 0 Å². The molecule has 0 amide bonds. The maximum atomic E-state index is 13.5. The highest BCUT2D eigenvalue weighted by Gasteiger charge is 2.16. The summed E-state index contributed by atoms with van der Waals surface area (Å²) >= 11 is 13.2. The molecule has 0 fully saturated rings. The summed E-state index contributed by atoms with van der Waals surface area (Å²) in [4.78, 5) is 9.43. The molecule has 10 heteroatoms. The zero-order valence-corrected chi connectivity index (χ0v) is 28.6. The van der Waals surface area contributed by atoms with Crippen LogP contribution in [0.3, 0.4) is 0 Å². The van der Waals surface area contributed by atoms with Gasteiger partial charge in [-0.2, -0.15) is 8.78 Å². The second kappa shape index (κ2) is 9.85. The second-order valence-corrected chi connectivity index (χ2v) is 19.0. The number of rotatable bonds is 4. The van der Waals surface area contributed by atoms with Crippen molar-refractivity contribution in [1.82, 2.24) is 0 Å². The van der Waals surface area contributed by atoms with E-state index in [0.717, 1.165) is 19.5 Å². The van der Waals surface area contributed by atoms with Crippen LogP contribution in [0.2, 0.25) is 0 Å². The van der Waals surface area contributed by atoms with Crippen molar-refractivity contribution in [2.75, 3.05) is 0 Å². The van der Waals surface area contributed by atoms with Crippen LogP contribution in [0.15, 0.2) is 84.9 Å². The molecule has 0 bridgehead atoms. The molecule has 0 aliphatic rings. The van der Waals surface area contributed by atoms with Gasteiger partial charge in [0.1, 0.15) is 0 Å². The Hall–Kier alpha value is -2.80. The number of thiophene rings is 8. The molecule has 8 aromatic heterocycles. The van der Waals surface area contributed by atoms with Crippen LogP contribution in [-0.2, 0) is 0 Å². The number of halogens is 2. The lowest BCUT2D eigenvalue weighted by molar-refractivity contribution is 0.657. The van der Waals surface area contributed by atoms with Gasteiger partial charge < -0.3 is 0 Å². The van der Waals surface area contributed by atoms with Crippen LogP contribution in [0, 0.1) is 10.3 Å². The molecule has 0 radical (unpaired) electrons. The van der Waals surface area contributed by atoms with Crippen molar-refractivity contribution in [2.24, 2.45) is 0 Å². The Morgan fingerprint density at radius 3 is 0.977 bits per heavy atom. The average Bonchev–Trinajstić information content (AvgIpc) is 3.82. The highest BCUT2D eigenvalue weighted by molar-refractivity contribution is 7.35. The van der Waals surface area contributed by atoms with E-state index in [0.29, 0.717) is 0 Å². The highest BCUT2D eigenvalue weighted by atomic mass is 32.1. The topological polar surface area (TPSA) is 0 Å². The minimum Gasteiger partial charge on any atom is -0.195 e. The molecule has 0 saturated heterocycles. The van der Waals surface area contributed by atoms with E-state index in [1.165, 1.54) is 91.9 Å². The molecule has 0 atom stereocenters. The monoisotopic (exact) mass is 716 g/mol. The average molecular weight is 717 g/mol. The molecule has 44 heavy (non-hydrogen) atoms. The van der Waals surface area contributed by atoms with Gasteiger partial charge in [0.25, 0.3) is 0 Å². The van der Waals surface area contributed by atoms with Crippen molar-refractivity contribution in [1.29, 1.82) is 0 Å². The maximum absolute atomic E-state index is 13.5. The summed E-state index contributed by atoms with van der Waals surface area (Å²) in [6, 6.07) is 29.8. The van der Waals surface area contributed by atoms with E-state index in [1.807, 2.05) is 57.5 Å². The van der Waals surface area contributed by atoms with Gasteiger partial charge in [-0.1, -0.05) is 0 Å². The predicted octanol–water partition coefficient (Wildman–Crippen LogP) is 14.9. The van der Waals surface area contributed by atoms with E-state index in [2.05, 4.69) is 60.7 Å². The zero-order chi connectivity index (χ0) is 29.1. The van der Waals surface area contributed by atoms with Gasteiger partial charge in [-0.05, 0) is 106 Å². The van der Waals surface area contributed by atoms with Gasteiger partial charge in [-0.15, -0.1) is 90.7 Å². The molecule has 0 spiro atoms. The molecule has 10 rings (SSSR count). The minimum absolute atomic E-state index is 0.137. The minimum atomic E-state index is -0.137. The van der Waals surface area contributed by atoms with E-state index < -0.39 is 0 Å². The standard InChI is InChI=1S/C34H14F2S8/c35-33-3-1-19(43-33)25-11-29-31(39-25)13-27(41-29)23-9-17-5-15-8-22-18(6-16(15)7-21(17)37-23)10-24(38-22)28-14-32-30(42-28)12-26(40-32)20-2-4-34(36)44-20/h1-14H. The van der Waals surface area contributed by atoms with Crippen molar-refractivity contribution < 1.29 is 8.78 Å². The van der Waals surface area contributed by atoms with Gasteiger partial charge in [0.05, 0.1) is 0 Å². The first-order valence-electron chi connectivity index (χ1n) is 13.5. The molecule has 0 saturated carbocycles. The van der Waals surface area contributed by atoms with E-state index in [4.69, 9.17) is 0 Å². The maximum Gasteiger partial charge on any atom is 0.177 e. The Labute approximate surface area is 281 Å². The number of fused-ring (bicyclic) bond motifs is 5. The summed E-state index contributed by atoms with van der Waals surface area (Å²) in [6.45, 7) is 0. The Bertz CT molecular complexity index is 2390. The highest BCUT2D eigenvalue weighted by Crippen LogP contribution is 2.48. The first-order valence-corrected chi connectivity index (χ1v) is 20.0. The third-order valence-corrected chi connectivity index (χ3v) is 17.0. The summed E-state index contributed by atoms with van der Waals surface area (Å²) in [7, 11) is 0. The van der Waals surface area contributed by atoms with Crippen LogP contribution < -0.4 is 0 Å². The van der Waals surface area contributed by atoms with Crippen LogP contribution in [0.5, 0.6) is 0 Å². The number of hydrogen-bond acceptors (Lipinski definition) is 8. The first kappa shape index (κ1) is 26.4. The van der Waals surface area contributed by atoms with E-state index in [9.17, 15) is 8.78 Å². The van der Waals surface area contributed by atoms with Crippen molar-refractivity contribution >= 4 is 140 Å². The SMILES string of the molecule is Fc1ccc(-c2cc3sc(-c4cc5cc6cc7sc(-c8cc9sc(-c%10ccc(F)s%10)cc9s8)cc7cc6cc5s4)cc3s2)s1. The van der Waals surface area contributed by atoms with E-state index in [-0.39, 0.29) is 10.3 Å². The Morgan fingerprint density at radius 1 is 0.273 bits per heavy atom. The molecule has 0 unspecified atom stereocenters. The van der Waals surface area contributed by atoms with Crippen LogP contribution in [0.4, 0.5) is 8.78 Å². The van der Waals surface area contributed by atoms with Crippen molar-refractivity contribution in [2.45, 2.75) is 0 Å². The van der Waals surface area contributed by atoms with Gasteiger partial charge in [0.2, 0.25) is 0 Å². The molecule has 0 nitrogen and oxygen atoms in total. The first-order chi connectivity index (χ1) is 21.5. The van der Waals surface area contributed by atoms with Gasteiger partial charge in [-0.25, -0.2) is 0 Å². The lowest BCUT2D eigenvalue weighted by Gasteiger charge is -1.99. The fraction of sp³-hybridized carbons (Fsp3) is 0. The molecule has 8 heterocycles. The van der Waals surface area contributed by atoms with Gasteiger partial charge >= 0.3 is 0 Å². The molecular weight excluding hydrogens is 703 g/mol. The Kier molecular flexibility index (Phi) is 5.91. The fourth-order valence-corrected chi connectivity index (χ4v) is 14.4. The Balaban J connectivity index is 0.980. The lowest BCUT2D eigenvalue weighted by atomic mass is 10.1. The van der Waals surface area contributed by atoms with E-state index in [1.54, 1.807) is 34.8 Å². The van der Waals surface area contributed by atoms with Gasteiger partial charge in [0, 0.05) is 67.2 Å². The van der Waals surface area contributed by atoms with Gasteiger partial charge in [-0.3, -0.25) is 0 Å². The second-order valence-electron chi connectivity index (χ2n) is 10.5. The summed E-state index contributed by atoms with van der Waals surface area (Å²) in [5.74, 6) is 0. The molecule has 0 aliphatic heterocycles. The summed E-state index contributed by atoms with van der Waals surface area (Å²) < 4.78 is 34.7. The van der Waals surface area contributed by atoms with Crippen LogP contribution in [0.1, 0.15) is 0 Å². The molecule has 0 N–H and O–H groups in total. The molecule has 2 aromatic carbocycles. The van der Waals surface area contributed by atoms with Gasteiger partial charge in [0.15, 0.2) is 10.3 Å². The summed E-state index contributed by atoms with van der Waals surface area (Å²) in [5, 5.41) is 4.81. The predicted molar refractivity (Wildman–Crippen MR) is 199 cm³/mol. The van der Waals surface area contributed by atoms with Crippen molar-refractivity contribution in [3.05, 3.63) is 95.2 Å². The third-order valence-electron chi connectivity index (χ3n) is 7.64. The number of hydrogen-bond donors (Lipinski definition) is 0. The van der Waals surface area contributed by atoms with Crippen molar-refractivity contribution in [3.8, 4) is 39.0 Å². The summed E-state index contributed by atoms with van der Waals surface area (Å²) in [5.41, 5.74) is 0. The lowest BCUT2D eigenvalue weighted by Crippen LogP contribution is -1.72. The molecule has 0 aliphatic carbocycles. The van der Waals surface area contributed by atoms with E-state index >= 15 is 0 Å². The quantitative estimate of drug-likeness (QED) is 0.170. The Morgan fingerprint density at radius 2 is 0.614 bits per heavy atom. The van der Waals surface area contributed by atoms with Crippen LogP contribution >= 0.6 is 90.7 Å². The molecular formula is C34H14F2S8.